The minimum absolute atomic E-state index is 0.286. The van der Waals surface area contributed by atoms with Crippen LogP contribution in [0.5, 0.6) is 0 Å². The van der Waals surface area contributed by atoms with E-state index >= 15 is 0 Å². The highest BCUT2D eigenvalue weighted by Gasteiger charge is 2.17. The van der Waals surface area contributed by atoms with E-state index in [1.54, 1.807) is 22.8 Å². The van der Waals surface area contributed by atoms with Crippen LogP contribution in [0.15, 0.2) is 71.5 Å². The Balaban J connectivity index is 2.04. The number of fused-ring (bicyclic) bond motifs is 4. The lowest BCUT2D eigenvalue weighted by Gasteiger charge is -2.14. The van der Waals surface area contributed by atoms with Gasteiger partial charge in [-0.1, -0.05) is 59.6 Å². The number of halogens is 2. The molecule has 0 aliphatic carbocycles. The van der Waals surface area contributed by atoms with Gasteiger partial charge in [0.2, 0.25) is 0 Å². The summed E-state index contributed by atoms with van der Waals surface area (Å²) >= 11 is 12.6. The second-order valence-electron chi connectivity index (χ2n) is 6.14. The molecule has 0 saturated heterocycles. The molecule has 2 heterocycles. The standard InChI is InChI=1S/C21H11Cl2N3O/c22-13-7-5-11-17(18(13)23)26-16-10-4-1-6-12(16)19-20(21(26)27)25-15-9-3-2-8-14(15)24-19/h1-11H. The summed E-state index contributed by atoms with van der Waals surface area (Å²) in [7, 11) is 0. The molecule has 130 valence electrons. The maximum Gasteiger partial charge on any atom is 0.283 e. The third-order valence-electron chi connectivity index (χ3n) is 4.55. The van der Waals surface area contributed by atoms with Crippen molar-refractivity contribution in [1.29, 1.82) is 0 Å². The summed E-state index contributed by atoms with van der Waals surface area (Å²) in [6.07, 6.45) is 0. The average molecular weight is 392 g/mol. The Kier molecular flexibility index (Phi) is 3.64. The molecule has 0 fully saturated rings. The van der Waals surface area contributed by atoms with E-state index in [1.165, 1.54) is 0 Å². The van der Waals surface area contributed by atoms with Gasteiger partial charge in [0, 0.05) is 5.39 Å². The number of nitrogens with zero attached hydrogens (tertiary/aromatic N) is 3. The van der Waals surface area contributed by atoms with E-state index in [9.17, 15) is 4.79 Å². The normalized spacial score (nSPS) is 11.5. The Bertz CT molecular complexity index is 1430. The summed E-state index contributed by atoms with van der Waals surface area (Å²) in [6, 6.07) is 20.3. The molecule has 5 aromatic rings. The molecule has 0 N–H and O–H groups in total. The minimum atomic E-state index is -0.286. The fourth-order valence-electron chi connectivity index (χ4n) is 3.33. The molecule has 0 radical (unpaired) electrons. The van der Waals surface area contributed by atoms with Gasteiger partial charge in [-0.15, -0.1) is 0 Å². The van der Waals surface area contributed by atoms with Gasteiger partial charge in [0.15, 0.2) is 5.52 Å². The van der Waals surface area contributed by atoms with Crippen LogP contribution in [-0.2, 0) is 0 Å². The number of benzene rings is 3. The van der Waals surface area contributed by atoms with Crippen LogP contribution in [0.25, 0.3) is 38.7 Å². The molecule has 0 unspecified atom stereocenters. The van der Waals surface area contributed by atoms with Crippen molar-refractivity contribution in [3.8, 4) is 5.69 Å². The van der Waals surface area contributed by atoms with E-state index in [1.807, 2.05) is 48.5 Å². The molecule has 0 aliphatic heterocycles. The monoisotopic (exact) mass is 391 g/mol. The SMILES string of the molecule is O=c1c2nc3ccccc3nc2c2ccccc2n1-c1cccc(Cl)c1Cl. The predicted molar refractivity (Wildman–Crippen MR) is 110 cm³/mol. The number of hydrogen-bond acceptors (Lipinski definition) is 3. The van der Waals surface area contributed by atoms with Crippen molar-refractivity contribution < 1.29 is 0 Å². The first-order valence-electron chi connectivity index (χ1n) is 8.30. The second kappa shape index (κ2) is 6.05. The van der Waals surface area contributed by atoms with Crippen LogP contribution in [0.2, 0.25) is 10.0 Å². The third-order valence-corrected chi connectivity index (χ3v) is 5.36. The molecule has 6 heteroatoms. The summed E-state index contributed by atoms with van der Waals surface area (Å²) in [6.45, 7) is 0. The van der Waals surface area contributed by atoms with Gasteiger partial charge in [-0.05, 0) is 30.3 Å². The molecule has 0 bridgehead atoms. The van der Waals surface area contributed by atoms with Gasteiger partial charge in [0.1, 0.15) is 5.52 Å². The van der Waals surface area contributed by atoms with E-state index in [0.717, 1.165) is 10.9 Å². The Morgan fingerprint density at radius 3 is 2.19 bits per heavy atom. The largest absolute Gasteiger partial charge is 0.283 e. The van der Waals surface area contributed by atoms with Gasteiger partial charge in [-0.3, -0.25) is 9.36 Å². The zero-order chi connectivity index (χ0) is 18.5. The number of rotatable bonds is 1. The Hall–Kier alpha value is -2.95. The smallest absolute Gasteiger partial charge is 0.273 e. The molecule has 0 spiro atoms. The first-order chi connectivity index (χ1) is 13.1. The highest BCUT2D eigenvalue weighted by molar-refractivity contribution is 6.43. The van der Waals surface area contributed by atoms with Crippen molar-refractivity contribution in [2.75, 3.05) is 0 Å². The average Bonchev–Trinajstić information content (AvgIpc) is 2.70. The van der Waals surface area contributed by atoms with Gasteiger partial charge in [0.25, 0.3) is 5.56 Å². The quantitative estimate of drug-likeness (QED) is 0.284. The summed E-state index contributed by atoms with van der Waals surface area (Å²) in [5, 5.41) is 1.52. The maximum absolute atomic E-state index is 13.4. The molecule has 27 heavy (non-hydrogen) atoms. The van der Waals surface area contributed by atoms with Crippen molar-refractivity contribution in [3.05, 3.63) is 87.1 Å². The lowest BCUT2D eigenvalue weighted by atomic mass is 10.1. The zero-order valence-corrected chi connectivity index (χ0v) is 15.4. The molecule has 3 aromatic carbocycles. The minimum Gasteiger partial charge on any atom is -0.273 e. The van der Waals surface area contributed by atoms with E-state index in [2.05, 4.69) is 4.98 Å². The molecule has 2 aromatic heterocycles. The van der Waals surface area contributed by atoms with E-state index in [0.29, 0.717) is 37.8 Å². The first-order valence-corrected chi connectivity index (χ1v) is 9.05. The number of hydrogen-bond donors (Lipinski definition) is 0. The van der Waals surface area contributed by atoms with E-state index < -0.39 is 0 Å². The maximum atomic E-state index is 13.4. The molecular weight excluding hydrogens is 381 g/mol. The van der Waals surface area contributed by atoms with Crippen molar-refractivity contribution in [1.82, 2.24) is 14.5 Å². The van der Waals surface area contributed by atoms with Crippen LogP contribution >= 0.6 is 23.2 Å². The predicted octanol–water partition coefficient (Wildman–Crippen LogP) is 5.39. The number of pyridine rings is 1. The van der Waals surface area contributed by atoms with E-state index in [4.69, 9.17) is 28.2 Å². The third kappa shape index (κ3) is 2.41. The summed E-state index contributed by atoms with van der Waals surface area (Å²) in [5.41, 5.74) is 3.21. The fraction of sp³-hybridized carbons (Fsp3) is 0. The number of para-hydroxylation sites is 3. The van der Waals surface area contributed by atoms with Crippen LogP contribution < -0.4 is 5.56 Å². The Labute approximate surface area is 163 Å². The molecule has 0 atom stereocenters. The molecule has 4 nitrogen and oxygen atoms in total. The first kappa shape index (κ1) is 16.2. The van der Waals surface area contributed by atoms with Gasteiger partial charge >= 0.3 is 0 Å². The van der Waals surface area contributed by atoms with Gasteiger partial charge in [-0.2, -0.15) is 0 Å². The summed E-state index contributed by atoms with van der Waals surface area (Å²) < 4.78 is 1.55. The van der Waals surface area contributed by atoms with E-state index in [-0.39, 0.29) is 5.56 Å². The zero-order valence-electron chi connectivity index (χ0n) is 13.9. The van der Waals surface area contributed by atoms with Gasteiger partial charge < -0.3 is 0 Å². The van der Waals surface area contributed by atoms with Crippen molar-refractivity contribution in [2.24, 2.45) is 0 Å². The van der Waals surface area contributed by atoms with Gasteiger partial charge in [0.05, 0.1) is 32.3 Å². The fourth-order valence-corrected chi connectivity index (χ4v) is 3.71. The molecule has 0 aliphatic rings. The molecule has 5 rings (SSSR count). The van der Waals surface area contributed by atoms with Crippen molar-refractivity contribution >= 4 is 56.2 Å². The van der Waals surface area contributed by atoms with Crippen LogP contribution in [-0.4, -0.2) is 14.5 Å². The summed E-state index contributed by atoms with van der Waals surface area (Å²) in [5.74, 6) is 0. The topological polar surface area (TPSA) is 47.8 Å². The highest BCUT2D eigenvalue weighted by Crippen LogP contribution is 2.31. The highest BCUT2D eigenvalue weighted by atomic mass is 35.5. The van der Waals surface area contributed by atoms with Crippen LogP contribution in [0.4, 0.5) is 0 Å². The molecule has 0 saturated carbocycles. The van der Waals surface area contributed by atoms with Crippen LogP contribution in [0.3, 0.4) is 0 Å². The lowest BCUT2D eigenvalue weighted by Crippen LogP contribution is -2.21. The Morgan fingerprint density at radius 1 is 0.741 bits per heavy atom. The van der Waals surface area contributed by atoms with Crippen molar-refractivity contribution in [3.63, 3.8) is 0 Å². The van der Waals surface area contributed by atoms with Crippen molar-refractivity contribution in [2.45, 2.75) is 0 Å². The lowest BCUT2D eigenvalue weighted by molar-refractivity contribution is 1.05. The Morgan fingerprint density at radius 2 is 1.41 bits per heavy atom. The number of aromatic nitrogens is 3. The molecular formula is C21H11Cl2N3O. The van der Waals surface area contributed by atoms with Gasteiger partial charge in [-0.25, -0.2) is 9.97 Å². The van der Waals surface area contributed by atoms with Crippen LogP contribution in [0, 0.1) is 0 Å². The van der Waals surface area contributed by atoms with Crippen LogP contribution in [0.1, 0.15) is 0 Å². The summed E-state index contributed by atoms with van der Waals surface area (Å²) in [4.78, 5) is 22.7. The molecule has 0 amide bonds. The second-order valence-corrected chi connectivity index (χ2v) is 6.93.